The molecule has 21 heavy (non-hydrogen) atoms. The van der Waals surface area contributed by atoms with Crippen molar-refractivity contribution < 1.29 is 4.79 Å². The lowest BCUT2D eigenvalue weighted by atomic mass is 10.2. The predicted octanol–water partition coefficient (Wildman–Crippen LogP) is 3.09. The van der Waals surface area contributed by atoms with E-state index in [2.05, 4.69) is 35.3 Å². The van der Waals surface area contributed by atoms with Crippen LogP contribution in [0, 0.1) is 5.92 Å². The summed E-state index contributed by atoms with van der Waals surface area (Å²) in [4.78, 5) is 16.4. The van der Waals surface area contributed by atoms with Gasteiger partial charge >= 0.3 is 0 Å². The van der Waals surface area contributed by atoms with E-state index in [0.717, 1.165) is 16.2 Å². The maximum atomic E-state index is 11.8. The Balaban J connectivity index is 2.09. The number of carbonyl (C=O) groups excluding carboxylic acids is 1. The van der Waals surface area contributed by atoms with Gasteiger partial charge in [-0.2, -0.15) is 0 Å². The minimum absolute atomic E-state index is 0.0471. The van der Waals surface area contributed by atoms with Crippen LogP contribution >= 0.6 is 11.8 Å². The van der Waals surface area contributed by atoms with E-state index in [1.165, 1.54) is 11.8 Å². The number of allylic oxidation sites excluding steroid dienone is 1. The van der Waals surface area contributed by atoms with E-state index in [4.69, 9.17) is 0 Å². The Morgan fingerprint density at radius 1 is 1.48 bits per heavy atom. The van der Waals surface area contributed by atoms with Crippen molar-refractivity contribution in [3.05, 3.63) is 36.9 Å². The van der Waals surface area contributed by atoms with Crippen LogP contribution in [0.25, 0.3) is 11.0 Å². The van der Waals surface area contributed by atoms with Crippen LogP contribution in [0.2, 0.25) is 0 Å². The van der Waals surface area contributed by atoms with Crippen molar-refractivity contribution in [3.63, 3.8) is 0 Å². The molecule has 4 nitrogen and oxygen atoms in total. The Morgan fingerprint density at radius 3 is 2.95 bits per heavy atom. The number of aromatic nitrogens is 2. The van der Waals surface area contributed by atoms with Gasteiger partial charge in [0.1, 0.15) is 0 Å². The van der Waals surface area contributed by atoms with Crippen LogP contribution in [-0.2, 0) is 11.3 Å². The summed E-state index contributed by atoms with van der Waals surface area (Å²) in [6.45, 7) is 9.35. The maximum Gasteiger partial charge on any atom is 0.230 e. The van der Waals surface area contributed by atoms with Crippen molar-refractivity contribution in [2.75, 3.05) is 12.3 Å². The van der Waals surface area contributed by atoms with Crippen molar-refractivity contribution in [2.45, 2.75) is 25.5 Å². The lowest BCUT2D eigenvalue weighted by molar-refractivity contribution is -0.118. The highest BCUT2D eigenvalue weighted by atomic mass is 32.2. The highest BCUT2D eigenvalue weighted by molar-refractivity contribution is 7.99. The molecule has 0 radical (unpaired) electrons. The summed E-state index contributed by atoms with van der Waals surface area (Å²) in [5.41, 5.74) is 2.02. The minimum atomic E-state index is 0.0471. The van der Waals surface area contributed by atoms with Gasteiger partial charge in [-0.05, 0) is 18.1 Å². The molecule has 0 saturated heterocycles. The van der Waals surface area contributed by atoms with Crippen LogP contribution in [0.3, 0.4) is 0 Å². The molecule has 5 heteroatoms. The predicted molar refractivity (Wildman–Crippen MR) is 88.5 cm³/mol. The molecule has 1 aromatic heterocycles. The number of thioether (sulfide) groups is 1. The molecular formula is C16H21N3OS. The van der Waals surface area contributed by atoms with Crippen molar-refractivity contribution in [2.24, 2.45) is 5.92 Å². The number of fused-ring (bicyclic) bond motifs is 1. The van der Waals surface area contributed by atoms with Gasteiger partial charge in [0.15, 0.2) is 5.16 Å². The summed E-state index contributed by atoms with van der Waals surface area (Å²) in [5, 5.41) is 3.78. The summed E-state index contributed by atoms with van der Waals surface area (Å²) in [7, 11) is 0. The summed E-state index contributed by atoms with van der Waals surface area (Å²) < 4.78 is 2.09. The average Bonchev–Trinajstić information content (AvgIpc) is 2.81. The van der Waals surface area contributed by atoms with E-state index in [-0.39, 0.29) is 5.91 Å². The van der Waals surface area contributed by atoms with Gasteiger partial charge in [0.25, 0.3) is 0 Å². The van der Waals surface area contributed by atoms with Gasteiger partial charge in [0.05, 0.1) is 16.8 Å². The molecule has 1 aromatic carbocycles. The van der Waals surface area contributed by atoms with Crippen molar-refractivity contribution in [3.8, 4) is 0 Å². The Labute approximate surface area is 129 Å². The first-order valence-corrected chi connectivity index (χ1v) is 8.06. The molecule has 0 saturated carbocycles. The van der Waals surface area contributed by atoms with E-state index >= 15 is 0 Å². The van der Waals surface area contributed by atoms with E-state index < -0.39 is 0 Å². The van der Waals surface area contributed by atoms with Crippen molar-refractivity contribution in [1.82, 2.24) is 14.9 Å². The number of amides is 1. The fourth-order valence-corrected chi connectivity index (χ4v) is 2.82. The van der Waals surface area contributed by atoms with Gasteiger partial charge < -0.3 is 9.88 Å². The molecule has 0 bridgehead atoms. The number of nitrogens with one attached hydrogen (secondary N) is 1. The molecule has 0 fully saturated rings. The summed E-state index contributed by atoms with van der Waals surface area (Å²) in [6.07, 6.45) is 1.84. The molecular weight excluding hydrogens is 282 g/mol. The first-order valence-electron chi connectivity index (χ1n) is 7.07. The molecule has 1 amide bonds. The van der Waals surface area contributed by atoms with Crippen LogP contribution in [0.15, 0.2) is 42.1 Å². The Hall–Kier alpha value is -1.75. The number of hydrogen-bond donors (Lipinski definition) is 1. The van der Waals surface area contributed by atoms with Crippen LogP contribution in [0.1, 0.15) is 13.8 Å². The number of carbonyl (C=O) groups is 1. The smallest absolute Gasteiger partial charge is 0.230 e. The molecule has 1 heterocycles. The van der Waals surface area contributed by atoms with Crippen LogP contribution in [0.5, 0.6) is 0 Å². The molecule has 0 aliphatic heterocycles. The van der Waals surface area contributed by atoms with Gasteiger partial charge in [0, 0.05) is 13.1 Å². The number of benzene rings is 1. The zero-order valence-electron chi connectivity index (χ0n) is 12.5. The van der Waals surface area contributed by atoms with Gasteiger partial charge in [-0.15, -0.1) is 6.58 Å². The third kappa shape index (κ3) is 4.11. The fraction of sp³-hybridized carbons (Fsp3) is 0.375. The van der Waals surface area contributed by atoms with Crippen LogP contribution < -0.4 is 5.32 Å². The largest absolute Gasteiger partial charge is 0.355 e. The average molecular weight is 303 g/mol. The molecule has 0 spiro atoms. The van der Waals surface area contributed by atoms with Gasteiger partial charge in [-0.1, -0.05) is 43.8 Å². The van der Waals surface area contributed by atoms with Crippen molar-refractivity contribution >= 4 is 28.7 Å². The third-order valence-electron chi connectivity index (χ3n) is 2.97. The SMILES string of the molecule is C=CCn1c(SCC(=O)NCC(C)C)nc2ccccc21. The van der Waals surface area contributed by atoms with Gasteiger partial charge in [-0.25, -0.2) is 4.98 Å². The molecule has 0 unspecified atom stereocenters. The van der Waals surface area contributed by atoms with Gasteiger partial charge in [0.2, 0.25) is 5.91 Å². The molecule has 2 aromatic rings. The van der Waals surface area contributed by atoms with Crippen LogP contribution in [-0.4, -0.2) is 27.8 Å². The summed E-state index contributed by atoms with van der Waals surface area (Å²) in [6, 6.07) is 7.98. The number of hydrogen-bond acceptors (Lipinski definition) is 3. The second-order valence-corrected chi connectivity index (χ2v) is 6.21. The second kappa shape index (κ2) is 7.31. The van der Waals surface area contributed by atoms with Crippen molar-refractivity contribution in [1.29, 1.82) is 0 Å². The van der Waals surface area contributed by atoms with E-state index in [1.54, 1.807) is 0 Å². The lowest BCUT2D eigenvalue weighted by Gasteiger charge is -2.08. The highest BCUT2D eigenvalue weighted by Gasteiger charge is 2.12. The number of imidazole rings is 1. The summed E-state index contributed by atoms with van der Waals surface area (Å²) in [5.74, 6) is 0.892. The first-order chi connectivity index (χ1) is 10.1. The first kappa shape index (κ1) is 15.6. The standard InChI is InChI=1S/C16H21N3OS/c1-4-9-19-14-8-6-5-7-13(14)18-16(19)21-11-15(20)17-10-12(2)3/h4-8,12H,1,9-11H2,2-3H3,(H,17,20). The van der Waals surface area contributed by atoms with Gasteiger partial charge in [-0.3, -0.25) is 4.79 Å². The number of nitrogens with zero attached hydrogens (tertiary/aromatic N) is 2. The normalized spacial score (nSPS) is 11.0. The number of rotatable bonds is 7. The quantitative estimate of drug-likeness (QED) is 0.631. The molecule has 0 atom stereocenters. The Morgan fingerprint density at radius 2 is 2.24 bits per heavy atom. The Bertz CT molecular complexity index is 633. The van der Waals surface area contributed by atoms with E-state index in [1.807, 2.05) is 30.3 Å². The Kier molecular flexibility index (Phi) is 5.44. The minimum Gasteiger partial charge on any atom is -0.355 e. The monoisotopic (exact) mass is 303 g/mol. The molecule has 112 valence electrons. The van der Waals surface area contributed by atoms with E-state index in [0.29, 0.717) is 24.8 Å². The highest BCUT2D eigenvalue weighted by Crippen LogP contribution is 2.23. The summed E-state index contributed by atoms with van der Waals surface area (Å²) >= 11 is 1.46. The van der Waals surface area contributed by atoms with E-state index in [9.17, 15) is 4.79 Å². The molecule has 2 rings (SSSR count). The lowest BCUT2D eigenvalue weighted by Crippen LogP contribution is -2.28. The zero-order valence-corrected chi connectivity index (χ0v) is 13.3. The molecule has 0 aliphatic rings. The number of para-hydroxylation sites is 2. The van der Waals surface area contributed by atoms with Crippen LogP contribution in [0.4, 0.5) is 0 Å². The third-order valence-corrected chi connectivity index (χ3v) is 3.95. The fourth-order valence-electron chi connectivity index (χ4n) is 1.97. The topological polar surface area (TPSA) is 46.9 Å². The molecule has 0 aliphatic carbocycles. The maximum absolute atomic E-state index is 11.8. The zero-order chi connectivity index (χ0) is 15.2. The molecule has 1 N–H and O–H groups in total. The second-order valence-electron chi connectivity index (χ2n) is 5.27.